The molecule has 2 rings (SSSR count). The molecule has 0 saturated carbocycles. The minimum Gasteiger partial charge on any atom is -0.386 e. The van der Waals surface area contributed by atoms with Crippen LogP contribution in [0.3, 0.4) is 0 Å². The van der Waals surface area contributed by atoms with E-state index in [4.69, 9.17) is 0 Å². The molecule has 0 aliphatic rings. The Morgan fingerprint density at radius 3 is 2.56 bits per heavy atom. The molecule has 1 N–H and O–H groups in total. The van der Waals surface area contributed by atoms with Crippen molar-refractivity contribution in [2.45, 2.75) is 20.8 Å². The quantitative estimate of drug-likeness (QED) is 0.891. The normalized spacial score (nSPS) is 10.7. The Morgan fingerprint density at radius 2 is 1.94 bits per heavy atom. The molecule has 96 valence electrons. The number of pyridine rings is 1. The molecule has 0 atom stereocenters. The third-order valence-electron chi connectivity index (χ3n) is 3.43. The van der Waals surface area contributed by atoms with Gasteiger partial charge in [0.25, 0.3) is 0 Å². The summed E-state index contributed by atoms with van der Waals surface area (Å²) in [5, 5.41) is 5.73. The Balaban J connectivity index is 2.74. The maximum absolute atomic E-state index is 4.62. The molecule has 1 aromatic heterocycles. The number of fused-ring (bicyclic) bond motifs is 1. The van der Waals surface area contributed by atoms with Gasteiger partial charge in [-0.05, 0) is 26.3 Å². The maximum atomic E-state index is 4.62. The second kappa shape index (κ2) is 5.25. The highest BCUT2D eigenvalue weighted by molar-refractivity contribution is 6.02. The molecule has 0 unspecified atom stereocenters. The third-order valence-corrected chi connectivity index (χ3v) is 3.43. The van der Waals surface area contributed by atoms with Crippen LogP contribution in [0.4, 0.5) is 11.5 Å². The summed E-state index contributed by atoms with van der Waals surface area (Å²) >= 11 is 0. The van der Waals surface area contributed by atoms with Crippen molar-refractivity contribution in [3.63, 3.8) is 0 Å². The number of hydrogen-bond acceptors (Lipinski definition) is 3. The van der Waals surface area contributed by atoms with Gasteiger partial charge < -0.3 is 10.2 Å². The average molecular weight is 243 g/mol. The van der Waals surface area contributed by atoms with Crippen molar-refractivity contribution in [2.24, 2.45) is 0 Å². The zero-order valence-electron chi connectivity index (χ0n) is 11.6. The van der Waals surface area contributed by atoms with Gasteiger partial charge in [0.2, 0.25) is 0 Å². The lowest BCUT2D eigenvalue weighted by molar-refractivity contribution is 0.852. The van der Waals surface area contributed by atoms with Gasteiger partial charge in [0.1, 0.15) is 5.82 Å². The van der Waals surface area contributed by atoms with Crippen LogP contribution in [0.25, 0.3) is 10.8 Å². The fraction of sp³-hybridized carbons (Fsp3) is 0.400. The zero-order valence-corrected chi connectivity index (χ0v) is 11.6. The van der Waals surface area contributed by atoms with E-state index < -0.39 is 0 Å². The predicted molar refractivity (Wildman–Crippen MR) is 79.6 cm³/mol. The summed E-state index contributed by atoms with van der Waals surface area (Å²) < 4.78 is 0. The van der Waals surface area contributed by atoms with E-state index in [1.54, 1.807) is 0 Å². The molecule has 1 heterocycles. The lowest BCUT2D eigenvalue weighted by atomic mass is 10.0. The van der Waals surface area contributed by atoms with Gasteiger partial charge in [-0.25, -0.2) is 4.98 Å². The van der Waals surface area contributed by atoms with Gasteiger partial charge in [-0.1, -0.05) is 18.2 Å². The second-order valence-corrected chi connectivity index (χ2v) is 4.42. The minimum absolute atomic E-state index is 0.978. The largest absolute Gasteiger partial charge is 0.386 e. The number of nitrogens with zero attached hydrogens (tertiary/aromatic N) is 2. The van der Waals surface area contributed by atoms with E-state index in [0.717, 1.165) is 24.6 Å². The predicted octanol–water partition coefficient (Wildman–Crippen LogP) is 3.43. The molecule has 0 amide bonds. The Labute approximate surface area is 109 Å². The van der Waals surface area contributed by atoms with Crippen molar-refractivity contribution in [1.29, 1.82) is 0 Å². The number of hydrogen-bond donors (Lipinski definition) is 1. The van der Waals surface area contributed by atoms with E-state index in [1.807, 2.05) is 13.2 Å². The Morgan fingerprint density at radius 1 is 1.22 bits per heavy atom. The fourth-order valence-electron chi connectivity index (χ4n) is 2.44. The monoisotopic (exact) mass is 243 g/mol. The van der Waals surface area contributed by atoms with Crippen molar-refractivity contribution in [1.82, 2.24) is 4.98 Å². The van der Waals surface area contributed by atoms with Crippen LogP contribution in [0, 0.1) is 6.92 Å². The smallest absolute Gasteiger partial charge is 0.136 e. The topological polar surface area (TPSA) is 28.2 Å². The van der Waals surface area contributed by atoms with E-state index in [9.17, 15) is 0 Å². The van der Waals surface area contributed by atoms with Gasteiger partial charge in [0.15, 0.2) is 0 Å². The van der Waals surface area contributed by atoms with Gasteiger partial charge in [-0.2, -0.15) is 0 Å². The van der Waals surface area contributed by atoms with Gasteiger partial charge >= 0.3 is 0 Å². The van der Waals surface area contributed by atoms with Gasteiger partial charge in [0, 0.05) is 30.9 Å². The van der Waals surface area contributed by atoms with Crippen LogP contribution in [-0.4, -0.2) is 25.1 Å². The molecule has 3 heteroatoms. The summed E-state index contributed by atoms with van der Waals surface area (Å²) in [7, 11) is 1.94. The number of nitrogens with one attached hydrogen (secondary N) is 1. The van der Waals surface area contributed by atoms with Crippen LogP contribution < -0.4 is 10.2 Å². The van der Waals surface area contributed by atoms with Crippen molar-refractivity contribution in [3.05, 3.63) is 30.0 Å². The number of aromatic nitrogens is 1. The summed E-state index contributed by atoms with van der Waals surface area (Å²) in [5.41, 5.74) is 2.38. The number of anilines is 2. The lowest BCUT2D eigenvalue weighted by Gasteiger charge is -2.22. The standard InChI is InChI=1S/C15H21N3/c1-5-18(6-2)15-12-9-7-8-11(3)14(12)13(16-4)10-17-15/h7-10,16H,5-6H2,1-4H3. The maximum Gasteiger partial charge on any atom is 0.136 e. The van der Waals surface area contributed by atoms with Crippen LogP contribution in [-0.2, 0) is 0 Å². The summed E-state index contributed by atoms with van der Waals surface area (Å²) in [6, 6.07) is 6.41. The van der Waals surface area contributed by atoms with Crippen molar-refractivity contribution >= 4 is 22.3 Å². The van der Waals surface area contributed by atoms with Crippen molar-refractivity contribution < 1.29 is 0 Å². The lowest BCUT2D eigenvalue weighted by Crippen LogP contribution is -2.23. The highest BCUT2D eigenvalue weighted by Crippen LogP contribution is 2.32. The Hall–Kier alpha value is -1.77. The minimum atomic E-state index is 0.978. The zero-order chi connectivity index (χ0) is 13.1. The molecule has 3 nitrogen and oxygen atoms in total. The van der Waals surface area contributed by atoms with Gasteiger partial charge in [-0.3, -0.25) is 0 Å². The van der Waals surface area contributed by atoms with E-state index >= 15 is 0 Å². The molecule has 1 aromatic carbocycles. The number of benzene rings is 1. The number of aryl methyl sites for hydroxylation is 1. The van der Waals surface area contributed by atoms with E-state index in [0.29, 0.717) is 0 Å². The highest BCUT2D eigenvalue weighted by Gasteiger charge is 2.12. The molecule has 0 aliphatic carbocycles. The van der Waals surface area contributed by atoms with E-state index in [-0.39, 0.29) is 0 Å². The Bertz CT molecular complexity index is 545. The van der Waals surface area contributed by atoms with Crippen LogP contribution in [0.2, 0.25) is 0 Å². The van der Waals surface area contributed by atoms with Crippen LogP contribution in [0.5, 0.6) is 0 Å². The molecule has 0 spiro atoms. The molecular weight excluding hydrogens is 222 g/mol. The number of rotatable bonds is 4. The van der Waals surface area contributed by atoms with E-state index in [1.165, 1.54) is 16.3 Å². The van der Waals surface area contributed by atoms with Crippen LogP contribution >= 0.6 is 0 Å². The SMILES string of the molecule is CCN(CC)c1ncc(NC)c2c(C)cccc12. The fourth-order valence-corrected chi connectivity index (χ4v) is 2.44. The van der Waals surface area contributed by atoms with Gasteiger partial charge in [0.05, 0.1) is 11.9 Å². The first-order valence-corrected chi connectivity index (χ1v) is 6.53. The first kappa shape index (κ1) is 12.7. The summed E-state index contributed by atoms with van der Waals surface area (Å²) in [5.74, 6) is 1.08. The van der Waals surface area contributed by atoms with Gasteiger partial charge in [-0.15, -0.1) is 0 Å². The molecule has 0 saturated heterocycles. The second-order valence-electron chi connectivity index (χ2n) is 4.42. The van der Waals surface area contributed by atoms with E-state index in [2.05, 4.69) is 54.2 Å². The summed E-state index contributed by atoms with van der Waals surface area (Å²) in [6.45, 7) is 8.43. The first-order valence-electron chi connectivity index (χ1n) is 6.53. The molecule has 0 radical (unpaired) electrons. The molecule has 18 heavy (non-hydrogen) atoms. The van der Waals surface area contributed by atoms with Crippen LogP contribution in [0.15, 0.2) is 24.4 Å². The molecular formula is C15H21N3. The summed E-state index contributed by atoms with van der Waals surface area (Å²) in [6.07, 6.45) is 1.93. The third kappa shape index (κ3) is 2.01. The van der Waals surface area contributed by atoms with Crippen molar-refractivity contribution in [2.75, 3.05) is 30.4 Å². The van der Waals surface area contributed by atoms with Crippen LogP contribution in [0.1, 0.15) is 19.4 Å². The average Bonchev–Trinajstić information content (AvgIpc) is 2.40. The summed E-state index contributed by atoms with van der Waals surface area (Å²) in [4.78, 5) is 6.92. The molecule has 0 bridgehead atoms. The van der Waals surface area contributed by atoms with Crippen molar-refractivity contribution in [3.8, 4) is 0 Å². The molecule has 0 fully saturated rings. The Kier molecular flexibility index (Phi) is 3.70. The first-order chi connectivity index (χ1) is 8.72. The molecule has 2 aromatic rings. The molecule has 0 aliphatic heterocycles. The highest BCUT2D eigenvalue weighted by atomic mass is 15.2.